The van der Waals surface area contributed by atoms with Crippen LogP contribution in [0.5, 0.6) is 5.88 Å². The molecule has 0 bridgehead atoms. The second-order valence-corrected chi connectivity index (χ2v) is 3.81. The zero-order valence-electron chi connectivity index (χ0n) is 9.57. The van der Waals surface area contributed by atoms with E-state index in [0.29, 0.717) is 12.1 Å². The number of aromatic nitrogens is 2. The summed E-state index contributed by atoms with van der Waals surface area (Å²) in [7, 11) is 0. The van der Waals surface area contributed by atoms with E-state index in [2.05, 4.69) is 5.10 Å². The predicted octanol–water partition coefficient (Wildman–Crippen LogP) is 3.16. The van der Waals surface area contributed by atoms with Gasteiger partial charge in [0.2, 0.25) is 5.88 Å². The van der Waals surface area contributed by atoms with E-state index in [4.69, 9.17) is 0 Å². The average molecular weight is 256 g/mol. The Morgan fingerprint density at radius 2 is 2.00 bits per heavy atom. The first kappa shape index (κ1) is 12.5. The van der Waals surface area contributed by atoms with E-state index in [-0.39, 0.29) is 11.6 Å². The highest BCUT2D eigenvalue weighted by Gasteiger charge is 2.30. The first-order valence-corrected chi connectivity index (χ1v) is 5.37. The molecular formula is C12H11F3N2O. The first-order valence-electron chi connectivity index (χ1n) is 5.37. The monoisotopic (exact) mass is 256 g/mol. The number of aromatic hydroxyl groups is 1. The summed E-state index contributed by atoms with van der Waals surface area (Å²) in [5.41, 5.74) is 0.0277. The van der Waals surface area contributed by atoms with Crippen LogP contribution in [0.1, 0.15) is 18.2 Å². The summed E-state index contributed by atoms with van der Waals surface area (Å²) in [5.74, 6) is -0.175. The standard InChI is InChI=1S/C12H11F3N2O/c1-2-9-7-11(18)17(16-9)10-5-3-4-8(6-10)12(13,14)15/h3-7,18H,2H2,1H3. The molecule has 0 amide bonds. The highest BCUT2D eigenvalue weighted by atomic mass is 19.4. The van der Waals surface area contributed by atoms with E-state index in [1.165, 1.54) is 18.2 Å². The van der Waals surface area contributed by atoms with Crippen molar-refractivity contribution in [2.45, 2.75) is 19.5 Å². The number of hydrogen-bond donors (Lipinski definition) is 1. The van der Waals surface area contributed by atoms with Crippen LogP contribution >= 0.6 is 0 Å². The molecule has 0 saturated heterocycles. The van der Waals surface area contributed by atoms with Crippen LogP contribution in [-0.4, -0.2) is 14.9 Å². The van der Waals surface area contributed by atoms with Crippen molar-refractivity contribution in [3.63, 3.8) is 0 Å². The number of nitrogens with zero attached hydrogens (tertiary/aromatic N) is 2. The quantitative estimate of drug-likeness (QED) is 0.896. The summed E-state index contributed by atoms with van der Waals surface area (Å²) >= 11 is 0. The lowest BCUT2D eigenvalue weighted by molar-refractivity contribution is -0.137. The Balaban J connectivity index is 2.47. The number of benzene rings is 1. The first-order chi connectivity index (χ1) is 8.41. The third-order valence-corrected chi connectivity index (χ3v) is 2.52. The summed E-state index contributed by atoms with van der Waals surface area (Å²) in [6.07, 6.45) is -3.81. The van der Waals surface area contributed by atoms with E-state index in [1.54, 1.807) is 0 Å². The maximum absolute atomic E-state index is 12.6. The summed E-state index contributed by atoms with van der Waals surface area (Å²) in [6, 6.07) is 6.10. The van der Waals surface area contributed by atoms with Crippen LogP contribution in [0.15, 0.2) is 30.3 Å². The SMILES string of the molecule is CCc1cc(O)n(-c2cccc(C(F)(F)F)c2)n1. The Kier molecular flexibility index (Phi) is 3.02. The fourth-order valence-electron chi connectivity index (χ4n) is 1.60. The minimum atomic E-state index is -4.41. The number of halogens is 3. The molecule has 0 atom stereocenters. The average Bonchev–Trinajstić information content (AvgIpc) is 2.70. The van der Waals surface area contributed by atoms with Crippen molar-refractivity contribution in [2.24, 2.45) is 0 Å². The van der Waals surface area contributed by atoms with Crippen LogP contribution in [0.4, 0.5) is 13.2 Å². The Hall–Kier alpha value is -1.98. The molecule has 1 aromatic heterocycles. The molecule has 18 heavy (non-hydrogen) atoms. The van der Waals surface area contributed by atoms with Crippen LogP contribution in [-0.2, 0) is 12.6 Å². The zero-order valence-corrected chi connectivity index (χ0v) is 9.57. The minimum Gasteiger partial charge on any atom is -0.493 e. The predicted molar refractivity (Wildman–Crippen MR) is 59.6 cm³/mol. The van der Waals surface area contributed by atoms with Crippen molar-refractivity contribution < 1.29 is 18.3 Å². The molecule has 0 saturated carbocycles. The normalized spacial score (nSPS) is 11.8. The largest absolute Gasteiger partial charge is 0.493 e. The molecule has 0 aliphatic heterocycles. The third-order valence-electron chi connectivity index (χ3n) is 2.52. The lowest BCUT2D eigenvalue weighted by Crippen LogP contribution is -2.06. The molecule has 2 rings (SSSR count). The molecule has 96 valence electrons. The van der Waals surface area contributed by atoms with Crippen LogP contribution in [0.3, 0.4) is 0 Å². The molecule has 0 fully saturated rings. The van der Waals surface area contributed by atoms with Gasteiger partial charge < -0.3 is 5.11 Å². The van der Waals surface area contributed by atoms with Gasteiger partial charge in [-0.25, -0.2) is 4.68 Å². The van der Waals surface area contributed by atoms with Gasteiger partial charge in [0.1, 0.15) is 0 Å². The van der Waals surface area contributed by atoms with Gasteiger partial charge in [-0.05, 0) is 24.6 Å². The molecule has 1 aromatic carbocycles. The highest BCUT2D eigenvalue weighted by molar-refractivity contribution is 5.39. The van der Waals surface area contributed by atoms with Gasteiger partial charge in [0.05, 0.1) is 16.9 Å². The summed E-state index contributed by atoms with van der Waals surface area (Å²) in [6.45, 7) is 1.85. The molecule has 0 unspecified atom stereocenters. The fraction of sp³-hybridized carbons (Fsp3) is 0.250. The molecule has 1 heterocycles. The Bertz CT molecular complexity index is 561. The molecule has 3 nitrogen and oxygen atoms in total. The van der Waals surface area contributed by atoms with Gasteiger partial charge in [-0.2, -0.15) is 18.3 Å². The summed E-state index contributed by atoms with van der Waals surface area (Å²) < 4.78 is 38.8. The van der Waals surface area contributed by atoms with E-state index in [9.17, 15) is 18.3 Å². The number of rotatable bonds is 2. The molecule has 1 N–H and O–H groups in total. The smallest absolute Gasteiger partial charge is 0.416 e. The van der Waals surface area contributed by atoms with Crippen LogP contribution in [0.2, 0.25) is 0 Å². The van der Waals surface area contributed by atoms with Gasteiger partial charge in [-0.1, -0.05) is 13.0 Å². The minimum absolute atomic E-state index is 0.175. The van der Waals surface area contributed by atoms with Crippen LogP contribution in [0, 0.1) is 0 Å². The molecule has 0 aliphatic rings. The molecule has 2 aromatic rings. The van der Waals surface area contributed by atoms with Crippen LogP contribution < -0.4 is 0 Å². The molecular weight excluding hydrogens is 245 g/mol. The maximum Gasteiger partial charge on any atom is 0.416 e. The summed E-state index contributed by atoms with van der Waals surface area (Å²) in [4.78, 5) is 0. The van der Waals surface area contributed by atoms with Gasteiger partial charge in [0.15, 0.2) is 0 Å². The molecule has 6 heteroatoms. The van der Waals surface area contributed by atoms with Gasteiger partial charge >= 0.3 is 6.18 Å². The lowest BCUT2D eigenvalue weighted by Gasteiger charge is -2.09. The van der Waals surface area contributed by atoms with Crippen LogP contribution in [0.25, 0.3) is 5.69 Å². The second-order valence-electron chi connectivity index (χ2n) is 3.81. The molecule has 0 radical (unpaired) electrons. The highest BCUT2D eigenvalue weighted by Crippen LogP contribution is 2.31. The van der Waals surface area contributed by atoms with E-state index < -0.39 is 11.7 Å². The van der Waals surface area contributed by atoms with Gasteiger partial charge in [0.25, 0.3) is 0 Å². The second kappa shape index (κ2) is 4.36. The Morgan fingerprint density at radius 1 is 1.28 bits per heavy atom. The van der Waals surface area contributed by atoms with Gasteiger partial charge in [-0.15, -0.1) is 0 Å². The Morgan fingerprint density at radius 3 is 2.56 bits per heavy atom. The number of alkyl halides is 3. The topological polar surface area (TPSA) is 38.0 Å². The Labute approximate surface area is 101 Å². The van der Waals surface area contributed by atoms with Gasteiger partial charge in [0, 0.05) is 6.07 Å². The number of hydrogen-bond acceptors (Lipinski definition) is 2. The van der Waals surface area contributed by atoms with Crippen molar-refractivity contribution in [1.29, 1.82) is 0 Å². The van der Waals surface area contributed by atoms with Crippen molar-refractivity contribution in [3.8, 4) is 11.6 Å². The van der Waals surface area contributed by atoms with Crippen molar-refractivity contribution in [2.75, 3.05) is 0 Å². The number of aryl methyl sites for hydroxylation is 1. The van der Waals surface area contributed by atoms with E-state index >= 15 is 0 Å². The van der Waals surface area contributed by atoms with Crippen molar-refractivity contribution >= 4 is 0 Å². The maximum atomic E-state index is 12.6. The summed E-state index contributed by atoms with van der Waals surface area (Å²) in [5, 5.41) is 13.6. The fourth-order valence-corrected chi connectivity index (χ4v) is 1.60. The lowest BCUT2D eigenvalue weighted by atomic mass is 10.2. The molecule has 0 aliphatic carbocycles. The molecule has 0 spiro atoms. The third kappa shape index (κ3) is 2.32. The zero-order chi connectivity index (χ0) is 13.3. The van der Waals surface area contributed by atoms with Gasteiger partial charge in [-0.3, -0.25) is 0 Å². The van der Waals surface area contributed by atoms with E-state index in [1.807, 2.05) is 6.92 Å². The van der Waals surface area contributed by atoms with E-state index in [0.717, 1.165) is 16.8 Å². The van der Waals surface area contributed by atoms with Crippen molar-refractivity contribution in [3.05, 3.63) is 41.6 Å². The van der Waals surface area contributed by atoms with Crippen molar-refractivity contribution in [1.82, 2.24) is 9.78 Å².